The van der Waals surface area contributed by atoms with Gasteiger partial charge in [-0.3, -0.25) is 29.4 Å². The van der Waals surface area contributed by atoms with Crippen LogP contribution in [0.15, 0.2) is 134 Å². The molecule has 0 amide bonds. The van der Waals surface area contributed by atoms with Crippen molar-refractivity contribution in [1.29, 1.82) is 5.41 Å². The van der Waals surface area contributed by atoms with E-state index in [0.717, 1.165) is 34.6 Å². The zero-order chi connectivity index (χ0) is 65.2. The lowest BCUT2D eigenvalue weighted by molar-refractivity contribution is -0.362. The van der Waals surface area contributed by atoms with E-state index in [9.17, 15) is 43.2 Å². The monoisotopic (exact) mass is 1310 g/mol. The summed E-state index contributed by atoms with van der Waals surface area (Å²) in [6.45, 7) is 5.96. The second kappa shape index (κ2) is 32.6. The zero-order valence-electron chi connectivity index (χ0n) is 48.7. The second-order valence-electron chi connectivity index (χ2n) is 19.9. The molecule has 1 N–H and O–H groups in total. The zero-order valence-corrected chi connectivity index (χ0v) is 50.9. The number of hydrogen-bond donors (Lipinski definition) is 1. The van der Waals surface area contributed by atoms with Crippen molar-refractivity contribution in [3.05, 3.63) is 156 Å². The van der Waals surface area contributed by atoms with Crippen LogP contribution in [0.2, 0.25) is 0 Å². The third-order valence-electron chi connectivity index (χ3n) is 13.2. The van der Waals surface area contributed by atoms with Gasteiger partial charge in [0.15, 0.2) is 55.3 Å². The standard InChI is InChI=1S/C61H62Cl3NO25/c1-7-28-75-47-44(79-33(3)67)41(29-76-32(2)66)84-58(50(47)81-35(5)69)89-49-45(80-34(4)68)43(85-59(52(49)82-36(6)70)90-60(65)61(62,63)64)31-78-57-51(88-56(74)40-26-18-11-19-27-40)48(87-55(73)39-24-16-10-17-25-39)46(86-54(72)38-22-14-9-15-23-38)42(83-57)30-77-53(71)37-20-12-8-13-21-37/h7-27,41-52,57-59,65H,1,28-31H2,2-6H3/t41-,42-,43-,44-,45-,46-,47+,48+,49+,50-,51-,52-,57-,58+,59-/m1/s1. The van der Waals surface area contributed by atoms with Gasteiger partial charge in [0.1, 0.15) is 43.7 Å². The third-order valence-corrected chi connectivity index (χ3v) is 13.7. The van der Waals surface area contributed by atoms with Crippen molar-refractivity contribution in [2.45, 2.75) is 131 Å². The number of esters is 9. The number of hydrogen-bond acceptors (Lipinski definition) is 26. The molecule has 3 saturated heterocycles. The van der Waals surface area contributed by atoms with Crippen molar-refractivity contribution >= 4 is 94.4 Å². The molecule has 4 aromatic rings. The molecule has 15 atom stereocenters. The average molecular weight is 1320 g/mol. The van der Waals surface area contributed by atoms with Crippen molar-refractivity contribution < 1.29 is 119 Å². The number of carbonyl (C=O) groups is 9. The van der Waals surface area contributed by atoms with Crippen LogP contribution in [-0.2, 0) is 99.8 Å². The highest BCUT2D eigenvalue weighted by atomic mass is 35.6. The van der Waals surface area contributed by atoms with Crippen LogP contribution >= 0.6 is 34.8 Å². The molecule has 0 unspecified atom stereocenters. The maximum Gasteiger partial charge on any atom is 0.338 e. The molecular weight excluding hydrogens is 1250 g/mol. The number of carbonyl (C=O) groups excluding carboxylic acids is 9. The fourth-order valence-corrected chi connectivity index (χ4v) is 9.58. The molecule has 482 valence electrons. The van der Waals surface area contributed by atoms with E-state index in [-0.39, 0.29) is 28.9 Å². The van der Waals surface area contributed by atoms with Gasteiger partial charge in [0.05, 0.1) is 35.5 Å². The van der Waals surface area contributed by atoms with E-state index >= 15 is 0 Å². The molecule has 29 heteroatoms. The van der Waals surface area contributed by atoms with Crippen LogP contribution in [0.25, 0.3) is 0 Å². The summed E-state index contributed by atoms with van der Waals surface area (Å²) in [7, 11) is 0. The molecule has 7 rings (SSSR count). The summed E-state index contributed by atoms with van der Waals surface area (Å²) in [6.07, 6.45) is -26.8. The molecule has 0 spiro atoms. The Balaban J connectivity index is 1.38. The van der Waals surface area contributed by atoms with Crippen molar-refractivity contribution in [2.24, 2.45) is 0 Å². The topological polar surface area (TPSA) is 325 Å². The normalized spacial score (nSPS) is 26.3. The first kappa shape index (κ1) is 69.4. The van der Waals surface area contributed by atoms with Gasteiger partial charge in [-0.25, -0.2) is 19.2 Å². The van der Waals surface area contributed by atoms with Crippen LogP contribution in [0.1, 0.15) is 76.1 Å². The SMILES string of the molecule is C=CCO[C@@H]1[C@@H](OC(C)=O)[C@H](O[C@@H]2[C@@H](OC(C)=O)[C@@H](OC(=N)C(Cl)(Cl)Cl)O[C@H](CO[C@@H]3O[C@H](COC(=O)c4ccccc4)[C@@H](OC(=O)c4ccccc4)[C@H](OC(=O)c4ccccc4)[C@H]3OC(=O)c3ccccc3)[C@H]2OC(C)=O)O[C@H](COC(C)=O)[C@H]1OC(C)=O. The Hall–Kier alpha value is -8.05. The first-order valence-electron chi connectivity index (χ1n) is 27.5. The molecule has 4 aromatic carbocycles. The van der Waals surface area contributed by atoms with Crippen molar-refractivity contribution in [3.63, 3.8) is 0 Å². The lowest BCUT2D eigenvalue weighted by Gasteiger charge is -2.49. The highest BCUT2D eigenvalue weighted by Gasteiger charge is 2.59. The molecule has 0 saturated carbocycles. The van der Waals surface area contributed by atoms with Gasteiger partial charge < -0.3 is 75.8 Å². The van der Waals surface area contributed by atoms with Gasteiger partial charge in [-0.15, -0.1) is 6.58 Å². The number of alkyl halides is 3. The first-order valence-corrected chi connectivity index (χ1v) is 28.7. The lowest BCUT2D eigenvalue weighted by atomic mass is 9.95. The molecular formula is C61H62Cl3NO25. The third kappa shape index (κ3) is 19.2. The Kier molecular flexibility index (Phi) is 25.2. The molecule has 3 aliphatic heterocycles. The summed E-state index contributed by atoms with van der Waals surface area (Å²) in [5.74, 6) is -10.0. The van der Waals surface area contributed by atoms with E-state index in [2.05, 4.69) is 6.58 Å². The van der Waals surface area contributed by atoms with Gasteiger partial charge >= 0.3 is 53.7 Å². The van der Waals surface area contributed by atoms with Crippen LogP contribution in [0.4, 0.5) is 0 Å². The number of nitrogens with one attached hydrogen (secondary N) is 1. The molecule has 3 fully saturated rings. The number of rotatable bonds is 24. The van der Waals surface area contributed by atoms with Crippen molar-refractivity contribution in [2.75, 3.05) is 26.4 Å². The highest BCUT2D eigenvalue weighted by molar-refractivity contribution is 6.76. The van der Waals surface area contributed by atoms with Gasteiger partial charge in [-0.1, -0.05) is 114 Å². The van der Waals surface area contributed by atoms with Crippen LogP contribution in [0, 0.1) is 5.41 Å². The van der Waals surface area contributed by atoms with Crippen molar-refractivity contribution in [3.8, 4) is 0 Å². The fourth-order valence-electron chi connectivity index (χ4n) is 9.44. The molecule has 3 aliphatic rings. The summed E-state index contributed by atoms with van der Waals surface area (Å²) >= 11 is 18.4. The minimum absolute atomic E-state index is 0.00185. The minimum atomic E-state index is -2.66. The van der Waals surface area contributed by atoms with Crippen LogP contribution in [0.3, 0.4) is 0 Å². The lowest BCUT2D eigenvalue weighted by Crippen LogP contribution is -2.68. The Morgan fingerprint density at radius 3 is 1.21 bits per heavy atom. The Labute approximate surface area is 529 Å². The van der Waals surface area contributed by atoms with E-state index in [4.69, 9.17) is 116 Å². The fraction of sp³-hybridized carbons (Fsp3) is 0.410. The summed E-state index contributed by atoms with van der Waals surface area (Å²) in [5, 5.41) is 8.65. The largest absolute Gasteiger partial charge is 0.463 e. The van der Waals surface area contributed by atoms with E-state index in [1.165, 1.54) is 78.9 Å². The summed E-state index contributed by atoms with van der Waals surface area (Å²) in [6, 6.07) is 30.2. The summed E-state index contributed by atoms with van der Waals surface area (Å²) in [4.78, 5) is 121. The quantitative estimate of drug-likeness (QED) is 0.0200. The molecule has 0 bridgehead atoms. The molecule has 90 heavy (non-hydrogen) atoms. The van der Waals surface area contributed by atoms with E-state index in [1.807, 2.05) is 0 Å². The van der Waals surface area contributed by atoms with Crippen LogP contribution in [0.5, 0.6) is 0 Å². The minimum Gasteiger partial charge on any atom is -0.463 e. The number of ether oxygens (including phenoxy) is 16. The van der Waals surface area contributed by atoms with E-state index in [1.54, 1.807) is 48.5 Å². The predicted molar refractivity (Wildman–Crippen MR) is 308 cm³/mol. The maximum atomic E-state index is 14.4. The van der Waals surface area contributed by atoms with Gasteiger partial charge in [0.25, 0.3) is 3.79 Å². The smallest absolute Gasteiger partial charge is 0.338 e. The van der Waals surface area contributed by atoms with Gasteiger partial charge in [-0.2, -0.15) is 0 Å². The highest BCUT2D eigenvalue weighted by Crippen LogP contribution is 2.39. The maximum absolute atomic E-state index is 14.4. The van der Waals surface area contributed by atoms with Gasteiger partial charge in [-0.05, 0) is 48.5 Å². The predicted octanol–water partition coefficient (Wildman–Crippen LogP) is 6.32. The molecule has 0 aliphatic carbocycles. The number of halogens is 3. The average Bonchev–Trinajstić information content (AvgIpc) is 0.824. The van der Waals surface area contributed by atoms with Crippen LogP contribution < -0.4 is 0 Å². The van der Waals surface area contributed by atoms with Gasteiger partial charge in [0.2, 0.25) is 12.2 Å². The first-order chi connectivity index (χ1) is 42.9. The summed E-state index contributed by atoms with van der Waals surface area (Å²) < 4.78 is 94.1. The molecule has 26 nitrogen and oxygen atoms in total. The van der Waals surface area contributed by atoms with E-state index in [0.29, 0.717) is 0 Å². The molecule has 0 radical (unpaired) electrons. The second-order valence-corrected chi connectivity index (χ2v) is 22.1. The number of benzene rings is 4. The van der Waals surface area contributed by atoms with Gasteiger partial charge in [0, 0.05) is 34.6 Å². The molecule has 0 aromatic heterocycles. The Bertz CT molecular complexity index is 3160. The molecule has 3 heterocycles. The Morgan fingerprint density at radius 1 is 0.411 bits per heavy atom. The van der Waals surface area contributed by atoms with E-state index < -0.39 is 175 Å². The van der Waals surface area contributed by atoms with Crippen molar-refractivity contribution in [1.82, 2.24) is 0 Å². The Morgan fingerprint density at radius 2 is 0.767 bits per heavy atom. The summed E-state index contributed by atoms with van der Waals surface area (Å²) in [5.41, 5.74) is -0.0109. The van der Waals surface area contributed by atoms with Crippen LogP contribution in [-0.4, -0.2) is 182 Å².